The van der Waals surface area contributed by atoms with Crippen molar-refractivity contribution in [3.63, 3.8) is 0 Å². The number of nitrogens with one attached hydrogen (secondary N) is 1. The van der Waals surface area contributed by atoms with Gasteiger partial charge in [-0.1, -0.05) is 0 Å². The third-order valence-electron chi connectivity index (χ3n) is 5.06. The maximum Gasteiger partial charge on any atom is 0.272 e. The van der Waals surface area contributed by atoms with Crippen molar-refractivity contribution in [1.29, 1.82) is 0 Å². The minimum atomic E-state index is -0.295. The molecule has 1 aromatic carbocycles. The largest absolute Gasteiger partial charge is 0.345 e. The van der Waals surface area contributed by atoms with Crippen molar-refractivity contribution >= 4 is 11.6 Å². The number of imidazole rings is 1. The lowest BCUT2D eigenvalue weighted by atomic mass is 9.98. The molecule has 0 aliphatic heterocycles. The lowest BCUT2D eigenvalue weighted by molar-refractivity contribution is 0.0896. The highest BCUT2D eigenvalue weighted by Gasteiger charge is 2.39. The number of benzene rings is 1. The average Bonchev–Trinajstić information content (AvgIpc) is 3.36. The summed E-state index contributed by atoms with van der Waals surface area (Å²) in [6.07, 6.45) is 3.85. The van der Waals surface area contributed by atoms with Gasteiger partial charge in [0.25, 0.3) is 5.91 Å². The Balaban J connectivity index is 1.74. The fourth-order valence-electron chi connectivity index (χ4n) is 3.30. The van der Waals surface area contributed by atoms with Crippen LogP contribution >= 0.6 is 0 Å². The molecule has 6 heteroatoms. The van der Waals surface area contributed by atoms with Crippen molar-refractivity contribution in [3.05, 3.63) is 53.6 Å². The van der Waals surface area contributed by atoms with Gasteiger partial charge in [0.15, 0.2) is 11.3 Å². The highest BCUT2D eigenvalue weighted by Crippen LogP contribution is 2.39. The topological polar surface area (TPSA) is 59.3 Å². The van der Waals surface area contributed by atoms with E-state index >= 15 is 0 Å². The molecule has 0 spiro atoms. The van der Waals surface area contributed by atoms with Crippen molar-refractivity contribution in [2.75, 3.05) is 0 Å². The van der Waals surface area contributed by atoms with Gasteiger partial charge in [-0.05, 0) is 75.4 Å². The van der Waals surface area contributed by atoms with E-state index in [0.717, 1.165) is 24.0 Å². The van der Waals surface area contributed by atoms with Crippen LogP contribution in [-0.4, -0.2) is 26.0 Å². The van der Waals surface area contributed by atoms with Crippen LogP contribution < -0.4 is 5.32 Å². The van der Waals surface area contributed by atoms with Gasteiger partial charge >= 0.3 is 0 Å². The smallest absolute Gasteiger partial charge is 0.272 e. The summed E-state index contributed by atoms with van der Waals surface area (Å²) in [5, 5.41) is 7.69. The van der Waals surface area contributed by atoms with Gasteiger partial charge in [0.2, 0.25) is 0 Å². The Morgan fingerprint density at radius 3 is 2.62 bits per heavy atom. The third kappa shape index (κ3) is 2.96. The van der Waals surface area contributed by atoms with Gasteiger partial charge in [-0.15, -0.1) is 0 Å². The van der Waals surface area contributed by atoms with Crippen LogP contribution in [0, 0.1) is 18.7 Å². The summed E-state index contributed by atoms with van der Waals surface area (Å²) in [6, 6.07) is 8.05. The third-order valence-corrected chi connectivity index (χ3v) is 5.06. The number of fused-ring (bicyclic) bond motifs is 1. The standard InChI is InChI=1S/C20H21FN4O/c1-12-10-16(13-4-8-15(21)9-5-13)24-25-17(11-22-18(12)25)19(26)23-20(2,3)14-6-7-14/h4-5,8-11,14H,6-7H2,1-3H3,(H,23,26). The van der Waals surface area contributed by atoms with Gasteiger partial charge in [-0.25, -0.2) is 13.9 Å². The zero-order chi connectivity index (χ0) is 18.5. The molecule has 0 saturated heterocycles. The Bertz CT molecular complexity index is 987. The van der Waals surface area contributed by atoms with Gasteiger partial charge < -0.3 is 5.32 Å². The Labute approximate surface area is 151 Å². The predicted molar refractivity (Wildman–Crippen MR) is 97.4 cm³/mol. The second-order valence-corrected chi connectivity index (χ2v) is 7.55. The average molecular weight is 352 g/mol. The molecule has 1 N–H and O–H groups in total. The predicted octanol–water partition coefficient (Wildman–Crippen LogP) is 3.76. The summed E-state index contributed by atoms with van der Waals surface area (Å²) in [5.41, 5.74) is 3.16. The molecule has 134 valence electrons. The number of carbonyl (C=O) groups excluding carboxylic acids is 1. The summed E-state index contributed by atoms with van der Waals surface area (Å²) in [5.74, 6) is 0.0456. The first-order valence-electron chi connectivity index (χ1n) is 8.79. The molecule has 2 aromatic heterocycles. The summed E-state index contributed by atoms with van der Waals surface area (Å²) < 4.78 is 14.8. The Kier molecular flexibility index (Phi) is 3.79. The van der Waals surface area contributed by atoms with Gasteiger partial charge in [0.05, 0.1) is 11.9 Å². The van der Waals surface area contributed by atoms with Crippen LogP contribution in [0.5, 0.6) is 0 Å². The molecule has 1 saturated carbocycles. The minimum absolute atomic E-state index is 0.183. The lowest BCUT2D eigenvalue weighted by Gasteiger charge is -2.25. The molecular formula is C20H21FN4O. The molecule has 26 heavy (non-hydrogen) atoms. The summed E-state index contributed by atoms with van der Waals surface area (Å²) in [6.45, 7) is 6.02. The quantitative estimate of drug-likeness (QED) is 0.778. The van der Waals surface area contributed by atoms with Crippen LogP contribution in [0.15, 0.2) is 36.5 Å². The van der Waals surface area contributed by atoms with Crippen LogP contribution in [0.1, 0.15) is 42.7 Å². The Morgan fingerprint density at radius 2 is 1.96 bits per heavy atom. The van der Waals surface area contributed by atoms with Gasteiger partial charge in [0.1, 0.15) is 5.82 Å². The van der Waals surface area contributed by atoms with E-state index in [1.165, 1.54) is 12.1 Å². The maximum absolute atomic E-state index is 13.2. The molecule has 4 rings (SSSR count). The van der Waals surface area contributed by atoms with Crippen molar-refractivity contribution in [2.45, 2.75) is 39.2 Å². The number of amides is 1. The second-order valence-electron chi connectivity index (χ2n) is 7.55. The normalized spacial score (nSPS) is 14.6. The SMILES string of the molecule is Cc1cc(-c2ccc(F)cc2)nn2c(C(=O)NC(C)(C)C3CC3)cnc12. The number of rotatable bonds is 4. The van der Waals surface area contributed by atoms with Crippen molar-refractivity contribution in [3.8, 4) is 11.3 Å². The highest BCUT2D eigenvalue weighted by molar-refractivity contribution is 5.93. The Hall–Kier alpha value is -2.76. The molecule has 1 fully saturated rings. The maximum atomic E-state index is 13.2. The second kappa shape index (κ2) is 5.90. The van der Waals surface area contributed by atoms with E-state index in [-0.39, 0.29) is 17.3 Å². The lowest BCUT2D eigenvalue weighted by Crippen LogP contribution is -2.45. The molecule has 0 unspecified atom stereocenters. The monoisotopic (exact) mass is 352 g/mol. The molecule has 0 atom stereocenters. The minimum Gasteiger partial charge on any atom is -0.345 e. The first kappa shape index (κ1) is 16.7. The van der Waals surface area contributed by atoms with E-state index in [0.29, 0.717) is 23.0 Å². The molecular weight excluding hydrogens is 331 g/mol. The first-order chi connectivity index (χ1) is 12.3. The molecule has 0 radical (unpaired) electrons. The highest BCUT2D eigenvalue weighted by atomic mass is 19.1. The number of carbonyl (C=O) groups is 1. The van der Waals surface area contributed by atoms with E-state index in [1.807, 2.05) is 13.0 Å². The fraction of sp³-hybridized carbons (Fsp3) is 0.350. The molecule has 1 amide bonds. The van der Waals surface area contributed by atoms with E-state index < -0.39 is 0 Å². The summed E-state index contributed by atoms with van der Waals surface area (Å²) >= 11 is 0. The number of halogens is 1. The number of nitrogens with zero attached hydrogens (tertiary/aromatic N) is 3. The molecule has 0 bridgehead atoms. The Morgan fingerprint density at radius 1 is 1.27 bits per heavy atom. The number of hydrogen-bond donors (Lipinski definition) is 1. The molecule has 2 heterocycles. The van der Waals surface area contributed by atoms with E-state index in [2.05, 4.69) is 29.2 Å². The summed E-state index contributed by atoms with van der Waals surface area (Å²) in [7, 11) is 0. The molecule has 1 aliphatic carbocycles. The van der Waals surface area contributed by atoms with Crippen molar-refractivity contribution in [1.82, 2.24) is 19.9 Å². The number of hydrogen-bond acceptors (Lipinski definition) is 3. The first-order valence-corrected chi connectivity index (χ1v) is 8.79. The molecule has 5 nitrogen and oxygen atoms in total. The molecule has 3 aromatic rings. The van der Waals surface area contributed by atoms with E-state index in [9.17, 15) is 9.18 Å². The van der Waals surface area contributed by atoms with Crippen molar-refractivity contribution in [2.24, 2.45) is 5.92 Å². The van der Waals surface area contributed by atoms with Crippen LogP contribution in [0.25, 0.3) is 16.9 Å². The van der Waals surface area contributed by atoms with Crippen molar-refractivity contribution < 1.29 is 9.18 Å². The van der Waals surface area contributed by atoms with Gasteiger partial charge in [0, 0.05) is 11.1 Å². The van der Waals surface area contributed by atoms with Crippen LogP contribution in [0.2, 0.25) is 0 Å². The van der Waals surface area contributed by atoms with E-state index in [4.69, 9.17) is 0 Å². The van der Waals surface area contributed by atoms with Crippen LogP contribution in [0.4, 0.5) is 4.39 Å². The fourth-order valence-corrected chi connectivity index (χ4v) is 3.30. The molecule has 1 aliphatic rings. The van der Waals surface area contributed by atoms with Crippen LogP contribution in [0.3, 0.4) is 0 Å². The van der Waals surface area contributed by atoms with E-state index in [1.54, 1.807) is 22.8 Å². The van der Waals surface area contributed by atoms with Crippen LogP contribution in [-0.2, 0) is 0 Å². The zero-order valence-electron chi connectivity index (χ0n) is 15.1. The number of aryl methyl sites for hydroxylation is 1. The zero-order valence-corrected chi connectivity index (χ0v) is 15.1. The van der Waals surface area contributed by atoms with Gasteiger partial charge in [-0.3, -0.25) is 4.79 Å². The van der Waals surface area contributed by atoms with Gasteiger partial charge in [-0.2, -0.15) is 5.10 Å². The number of aromatic nitrogens is 3. The summed E-state index contributed by atoms with van der Waals surface area (Å²) in [4.78, 5) is 17.2.